The largest absolute Gasteiger partial charge is 0.468 e. The van der Waals surface area contributed by atoms with Crippen LogP contribution in [0.25, 0.3) is 0 Å². The Labute approximate surface area is 202 Å². The molecule has 1 saturated heterocycles. The number of carbonyl (C=O) groups excluding carboxylic acids is 2. The molecule has 35 heavy (non-hydrogen) atoms. The molecule has 1 aliphatic heterocycles. The van der Waals surface area contributed by atoms with Gasteiger partial charge in [-0.3, -0.25) is 14.9 Å². The lowest BCUT2D eigenvalue weighted by atomic mass is 9.86. The van der Waals surface area contributed by atoms with Gasteiger partial charge in [0.25, 0.3) is 11.6 Å². The number of aromatic nitrogens is 1. The second-order valence-corrected chi connectivity index (χ2v) is 8.12. The van der Waals surface area contributed by atoms with Crippen molar-refractivity contribution in [2.24, 2.45) is 0 Å². The molecular weight excluding hydrogens is 450 g/mol. The number of piperidine rings is 1. The highest BCUT2D eigenvalue weighted by Crippen LogP contribution is 2.34. The molecular formula is C26H25N3O6. The molecule has 2 heterocycles. The van der Waals surface area contributed by atoms with Gasteiger partial charge in [0.15, 0.2) is 5.78 Å². The Bertz CT molecular complexity index is 1190. The Hall–Kier alpha value is -4.27. The van der Waals surface area contributed by atoms with Crippen molar-refractivity contribution in [2.75, 3.05) is 24.6 Å². The van der Waals surface area contributed by atoms with E-state index in [0.29, 0.717) is 23.5 Å². The molecule has 2 atom stereocenters. The van der Waals surface area contributed by atoms with Crippen LogP contribution >= 0.6 is 0 Å². The number of esters is 1. The fourth-order valence-corrected chi connectivity index (χ4v) is 4.19. The maximum absolute atomic E-state index is 13.1. The molecule has 3 aromatic rings. The Morgan fingerprint density at radius 1 is 1.06 bits per heavy atom. The van der Waals surface area contributed by atoms with Crippen molar-refractivity contribution >= 4 is 17.6 Å². The molecule has 180 valence electrons. The number of hydrogen-bond acceptors (Lipinski definition) is 8. The topological polar surface area (TPSA) is 112 Å². The molecule has 2 aromatic carbocycles. The minimum absolute atomic E-state index is 0.0265. The van der Waals surface area contributed by atoms with E-state index >= 15 is 0 Å². The normalized spacial score (nSPS) is 19.6. The summed E-state index contributed by atoms with van der Waals surface area (Å²) >= 11 is 0. The number of rotatable bonds is 8. The first-order valence-corrected chi connectivity index (χ1v) is 11.3. The average Bonchev–Trinajstić information content (AvgIpc) is 2.90. The number of nitro groups is 1. The van der Waals surface area contributed by atoms with Gasteiger partial charge >= 0.3 is 5.97 Å². The summed E-state index contributed by atoms with van der Waals surface area (Å²) in [5.41, 5.74) is -0.848. The van der Waals surface area contributed by atoms with Gasteiger partial charge in [-0.2, -0.15) is 0 Å². The molecule has 4 rings (SSSR count). The standard InChI is InChI=1S/C26H25N3O6/c1-2-34-25(31)26(15-17-28(18-22(26)29(32)33)23-10-6-7-16-27-23)35-21-13-11-20(12-14-21)24(30)19-8-4-3-5-9-19/h3-14,16,22H,2,15,17-18H2,1H3. The Morgan fingerprint density at radius 2 is 1.74 bits per heavy atom. The average molecular weight is 476 g/mol. The van der Waals surface area contributed by atoms with Crippen LogP contribution in [0.3, 0.4) is 0 Å². The third kappa shape index (κ3) is 4.98. The summed E-state index contributed by atoms with van der Waals surface area (Å²) in [6, 6.07) is 19.0. The fourth-order valence-electron chi connectivity index (χ4n) is 4.19. The maximum atomic E-state index is 13.1. The first kappa shape index (κ1) is 23.9. The number of anilines is 1. The second kappa shape index (κ2) is 10.3. The SMILES string of the molecule is CCOC(=O)C1(Oc2ccc(C(=O)c3ccccc3)cc2)CCN(c2ccccn2)CC1[N+](=O)[O-]. The van der Waals surface area contributed by atoms with Crippen LogP contribution in [-0.2, 0) is 9.53 Å². The number of carbonyl (C=O) groups is 2. The van der Waals surface area contributed by atoms with E-state index in [9.17, 15) is 19.7 Å². The van der Waals surface area contributed by atoms with Crippen molar-refractivity contribution in [3.63, 3.8) is 0 Å². The van der Waals surface area contributed by atoms with Crippen LogP contribution in [0.15, 0.2) is 79.0 Å². The molecule has 0 amide bonds. The van der Waals surface area contributed by atoms with Crippen LogP contribution in [0.5, 0.6) is 5.75 Å². The predicted octanol–water partition coefficient (Wildman–Crippen LogP) is 3.55. The molecule has 1 fully saturated rings. The predicted molar refractivity (Wildman–Crippen MR) is 128 cm³/mol. The van der Waals surface area contributed by atoms with Crippen molar-refractivity contribution in [1.29, 1.82) is 0 Å². The zero-order valence-electron chi connectivity index (χ0n) is 19.2. The molecule has 2 unspecified atom stereocenters. The summed E-state index contributed by atoms with van der Waals surface area (Å²) in [6.45, 7) is 1.93. The van der Waals surface area contributed by atoms with E-state index in [-0.39, 0.29) is 31.1 Å². The van der Waals surface area contributed by atoms with Crippen molar-refractivity contribution in [2.45, 2.75) is 25.0 Å². The molecule has 9 nitrogen and oxygen atoms in total. The number of hydrogen-bond donors (Lipinski definition) is 0. The van der Waals surface area contributed by atoms with Crippen LogP contribution < -0.4 is 9.64 Å². The van der Waals surface area contributed by atoms with Crippen molar-refractivity contribution in [1.82, 2.24) is 4.98 Å². The van der Waals surface area contributed by atoms with Crippen LogP contribution in [0, 0.1) is 10.1 Å². The highest BCUT2D eigenvalue weighted by atomic mass is 16.6. The minimum atomic E-state index is -1.82. The van der Waals surface area contributed by atoms with E-state index in [1.165, 1.54) is 0 Å². The molecule has 0 spiro atoms. The highest BCUT2D eigenvalue weighted by molar-refractivity contribution is 6.09. The molecule has 0 N–H and O–H groups in total. The lowest BCUT2D eigenvalue weighted by molar-refractivity contribution is -0.539. The summed E-state index contributed by atoms with van der Waals surface area (Å²) in [5.74, 6) is -0.128. The lowest BCUT2D eigenvalue weighted by Gasteiger charge is -2.41. The van der Waals surface area contributed by atoms with Gasteiger partial charge in [0.2, 0.25) is 0 Å². The molecule has 1 aliphatic rings. The van der Waals surface area contributed by atoms with E-state index in [1.54, 1.807) is 84.8 Å². The number of nitrogens with zero attached hydrogens (tertiary/aromatic N) is 3. The first-order valence-electron chi connectivity index (χ1n) is 11.3. The van der Waals surface area contributed by atoms with E-state index in [2.05, 4.69) is 4.98 Å². The molecule has 0 saturated carbocycles. The van der Waals surface area contributed by atoms with Gasteiger partial charge in [0, 0.05) is 35.2 Å². The lowest BCUT2D eigenvalue weighted by Crippen LogP contribution is -2.66. The van der Waals surface area contributed by atoms with Gasteiger partial charge in [-0.15, -0.1) is 0 Å². The van der Waals surface area contributed by atoms with Crippen molar-refractivity contribution < 1.29 is 24.0 Å². The third-order valence-electron chi connectivity index (χ3n) is 5.99. The molecule has 0 radical (unpaired) electrons. The van der Waals surface area contributed by atoms with Crippen molar-refractivity contribution in [3.8, 4) is 5.75 Å². The quantitative estimate of drug-likeness (QED) is 0.210. The van der Waals surface area contributed by atoms with Crippen LogP contribution in [0.2, 0.25) is 0 Å². The van der Waals surface area contributed by atoms with E-state index < -0.39 is 22.5 Å². The second-order valence-electron chi connectivity index (χ2n) is 8.12. The monoisotopic (exact) mass is 475 g/mol. The number of benzene rings is 2. The van der Waals surface area contributed by atoms with Gasteiger partial charge in [-0.1, -0.05) is 36.4 Å². The maximum Gasteiger partial charge on any atom is 0.358 e. The zero-order chi connectivity index (χ0) is 24.8. The van der Waals surface area contributed by atoms with Crippen LogP contribution in [0.4, 0.5) is 5.82 Å². The Morgan fingerprint density at radius 3 is 2.37 bits per heavy atom. The van der Waals surface area contributed by atoms with Gasteiger partial charge in [0.05, 0.1) is 13.2 Å². The van der Waals surface area contributed by atoms with Gasteiger partial charge < -0.3 is 14.4 Å². The summed E-state index contributed by atoms with van der Waals surface area (Å²) in [5, 5.41) is 12.2. The van der Waals surface area contributed by atoms with Crippen LogP contribution in [-0.4, -0.2) is 53.0 Å². The number of ether oxygens (including phenoxy) is 2. The fraction of sp³-hybridized carbons (Fsp3) is 0.269. The number of ketones is 1. The third-order valence-corrected chi connectivity index (χ3v) is 5.99. The van der Waals surface area contributed by atoms with E-state index in [1.807, 2.05) is 6.07 Å². The van der Waals surface area contributed by atoms with E-state index in [4.69, 9.17) is 9.47 Å². The first-order chi connectivity index (χ1) is 16.9. The zero-order valence-corrected chi connectivity index (χ0v) is 19.2. The van der Waals surface area contributed by atoms with Crippen LogP contribution in [0.1, 0.15) is 29.3 Å². The number of pyridine rings is 1. The molecule has 0 aliphatic carbocycles. The summed E-state index contributed by atoms with van der Waals surface area (Å²) < 4.78 is 11.3. The van der Waals surface area contributed by atoms with E-state index in [0.717, 1.165) is 0 Å². The molecule has 0 bridgehead atoms. The van der Waals surface area contributed by atoms with Gasteiger partial charge in [0.1, 0.15) is 11.6 Å². The summed E-state index contributed by atoms with van der Waals surface area (Å²) in [7, 11) is 0. The van der Waals surface area contributed by atoms with Crippen molar-refractivity contribution in [3.05, 3.63) is 100 Å². The molecule has 1 aromatic heterocycles. The minimum Gasteiger partial charge on any atom is -0.468 e. The Kier molecular flexibility index (Phi) is 7.05. The van der Waals surface area contributed by atoms with Gasteiger partial charge in [-0.25, -0.2) is 9.78 Å². The Balaban J connectivity index is 1.62. The summed E-state index contributed by atoms with van der Waals surface area (Å²) in [6.07, 6.45) is 1.64. The highest BCUT2D eigenvalue weighted by Gasteiger charge is 2.60. The smallest absolute Gasteiger partial charge is 0.358 e. The summed E-state index contributed by atoms with van der Waals surface area (Å²) in [4.78, 5) is 43.5. The molecule has 9 heteroatoms. The van der Waals surface area contributed by atoms with Gasteiger partial charge in [-0.05, 0) is 43.3 Å².